The molecule has 3 unspecified atom stereocenters. The molecule has 2 aliphatic rings. The van der Waals surface area contributed by atoms with E-state index >= 15 is 0 Å². The molecule has 3 rings (SSSR count). The topological polar surface area (TPSA) is 107 Å². The molecule has 1 saturated carbocycles. The molecule has 2 fully saturated rings. The molecule has 1 aliphatic carbocycles. The first-order valence-corrected chi connectivity index (χ1v) is 8.84. The van der Waals surface area contributed by atoms with Crippen molar-refractivity contribution in [3.05, 3.63) is 34.4 Å². The van der Waals surface area contributed by atoms with Crippen molar-refractivity contribution in [2.45, 2.75) is 30.2 Å². The number of nitrogens with zero attached hydrogens (tertiary/aromatic N) is 2. The van der Waals surface area contributed by atoms with Crippen LogP contribution in [0.3, 0.4) is 0 Å². The number of hydrogen-bond acceptors (Lipinski definition) is 5. The molecule has 22 heavy (non-hydrogen) atoms. The zero-order valence-corrected chi connectivity index (χ0v) is 12.9. The van der Waals surface area contributed by atoms with Crippen LogP contribution in [0.4, 0.5) is 5.69 Å². The van der Waals surface area contributed by atoms with Gasteiger partial charge in [-0.2, -0.15) is 4.31 Å². The van der Waals surface area contributed by atoms with E-state index in [1.807, 2.05) is 0 Å². The zero-order valence-electron chi connectivity index (χ0n) is 12.1. The van der Waals surface area contributed by atoms with Crippen molar-refractivity contribution in [3.63, 3.8) is 0 Å². The third kappa shape index (κ3) is 2.62. The fraction of sp³-hybridized carbons (Fsp3) is 0.571. The summed E-state index contributed by atoms with van der Waals surface area (Å²) >= 11 is 0. The van der Waals surface area contributed by atoms with Crippen LogP contribution >= 0.6 is 0 Å². The SMILES string of the molecule is NC1CCCC2CN(S(=O)(=O)c3cccc([N+](=O)[O-])c3)CC12. The standard InChI is InChI=1S/C14H19N3O4S/c15-14-6-1-3-10-8-16(9-13(10)14)22(20,21)12-5-2-4-11(7-12)17(18)19/h2,4-5,7,10,13-14H,1,3,6,8-9,15H2. The van der Waals surface area contributed by atoms with Gasteiger partial charge in [0.15, 0.2) is 0 Å². The van der Waals surface area contributed by atoms with E-state index in [2.05, 4.69) is 0 Å². The number of rotatable bonds is 3. The first kappa shape index (κ1) is 15.4. The normalized spacial score (nSPS) is 29.2. The summed E-state index contributed by atoms with van der Waals surface area (Å²) in [5.74, 6) is 0.499. The van der Waals surface area contributed by atoms with E-state index in [1.54, 1.807) is 0 Å². The first-order valence-electron chi connectivity index (χ1n) is 7.40. The highest BCUT2D eigenvalue weighted by molar-refractivity contribution is 7.89. The fourth-order valence-corrected chi connectivity index (χ4v) is 5.15. The molecule has 1 saturated heterocycles. The van der Waals surface area contributed by atoms with Gasteiger partial charge in [-0.05, 0) is 30.7 Å². The lowest BCUT2D eigenvalue weighted by atomic mass is 9.78. The van der Waals surface area contributed by atoms with Gasteiger partial charge < -0.3 is 5.73 Å². The van der Waals surface area contributed by atoms with Crippen molar-refractivity contribution in [1.82, 2.24) is 4.31 Å². The van der Waals surface area contributed by atoms with E-state index in [0.29, 0.717) is 19.0 Å². The number of nitrogens with two attached hydrogens (primary N) is 1. The Morgan fingerprint density at radius 1 is 1.27 bits per heavy atom. The molecular weight excluding hydrogens is 306 g/mol. The van der Waals surface area contributed by atoms with Gasteiger partial charge in [0.2, 0.25) is 10.0 Å². The minimum absolute atomic E-state index is 0.0195. The highest BCUT2D eigenvalue weighted by atomic mass is 32.2. The minimum atomic E-state index is -3.70. The molecule has 120 valence electrons. The summed E-state index contributed by atoms with van der Waals surface area (Å²) in [4.78, 5) is 10.2. The quantitative estimate of drug-likeness (QED) is 0.666. The zero-order chi connectivity index (χ0) is 15.9. The number of sulfonamides is 1. The van der Waals surface area contributed by atoms with Gasteiger partial charge in [-0.25, -0.2) is 8.42 Å². The van der Waals surface area contributed by atoms with Crippen molar-refractivity contribution in [2.75, 3.05) is 13.1 Å². The Morgan fingerprint density at radius 2 is 2.05 bits per heavy atom. The summed E-state index contributed by atoms with van der Waals surface area (Å²) in [6.45, 7) is 0.875. The van der Waals surface area contributed by atoms with E-state index in [1.165, 1.54) is 22.5 Å². The summed E-state index contributed by atoms with van der Waals surface area (Å²) in [5.41, 5.74) is 5.90. The average Bonchev–Trinajstić information content (AvgIpc) is 2.94. The molecule has 2 N–H and O–H groups in total. The predicted octanol–water partition coefficient (Wildman–Crippen LogP) is 1.34. The van der Waals surface area contributed by atoms with Crippen LogP contribution < -0.4 is 5.73 Å². The number of non-ortho nitro benzene ring substituents is 1. The van der Waals surface area contributed by atoms with E-state index in [4.69, 9.17) is 5.73 Å². The molecule has 1 heterocycles. The van der Waals surface area contributed by atoms with Crippen LogP contribution in [0.2, 0.25) is 0 Å². The molecule has 0 amide bonds. The van der Waals surface area contributed by atoms with Gasteiger partial charge in [0.25, 0.3) is 5.69 Å². The van der Waals surface area contributed by atoms with Crippen molar-refractivity contribution in [1.29, 1.82) is 0 Å². The molecule has 8 heteroatoms. The molecule has 7 nitrogen and oxygen atoms in total. The second-order valence-corrected chi connectivity index (χ2v) is 8.03. The summed E-state index contributed by atoms with van der Waals surface area (Å²) in [6.07, 6.45) is 2.97. The van der Waals surface area contributed by atoms with Crippen LogP contribution in [-0.4, -0.2) is 36.8 Å². The van der Waals surface area contributed by atoms with E-state index < -0.39 is 14.9 Å². The van der Waals surface area contributed by atoms with Crippen LogP contribution in [0.25, 0.3) is 0 Å². The molecule has 1 aromatic carbocycles. The molecule has 1 aromatic rings. The Morgan fingerprint density at radius 3 is 2.73 bits per heavy atom. The third-order valence-corrected chi connectivity index (χ3v) is 6.61. The second-order valence-electron chi connectivity index (χ2n) is 6.10. The first-order chi connectivity index (χ1) is 10.4. The van der Waals surface area contributed by atoms with Crippen molar-refractivity contribution in [2.24, 2.45) is 17.6 Å². The van der Waals surface area contributed by atoms with Crippen molar-refractivity contribution < 1.29 is 13.3 Å². The van der Waals surface area contributed by atoms with E-state index in [-0.39, 0.29) is 22.5 Å². The second kappa shape index (κ2) is 5.60. The number of nitro groups is 1. The highest BCUT2D eigenvalue weighted by Crippen LogP contribution is 2.38. The van der Waals surface area contributed by atoms with Crippen LogP contribution in [0.15, 0.2) is 29.2 Å². The number of nitro benzene ring substituents is 1. The van der Waals surface area contributed by atoms with E-state index in [0.717, 1.165) is 25.3 Å². The Kier molecular flexibility index (Phi) is 3.92. The molecule has 0 spiro atoms. The van der Waals surface area contributed by atoms with Gasteiger partial charge in [0.1, 0.15) is 0 Å². The Labute approximate surface area is 129 Å². The predicted molar refractivity (Wildman–Crippen MR) is 80.7 cm³/mol. The van der Waals surface area contributed by atoms with Crippen LogP contribution in [0.5, 0.6) is 0 Å². The molecule has 0 aromatic heterocycles. The van der Waals surface area contributed by atoms with Crippen LogP contribution in [-0.2, 0) is 10.0 Å². The highest BCUT2D eigenvalue weighted by Gasteiger charge is 2.43. The number of hydrogen-bond donors (Lipinski definition) is 1. The third-order valence-electron chi connectivity index (χ3n) is 4.79. The van der Waals surface area contributed by atoms with Gasteiger partial charge in [-0.1, -0.05) is 12.5 Å². The molecular formula is C14H19N3O4S. The van der Waals surface area contributed by atoms with Crippen molar-refractivity contribution in [3.8, 4) is 0 Å². The lowest BCUT2D eigenvalue weighted by Crippen LogP contribution is -2.38. The monoisotopic (exact) mass is 325 g/mol. The van der Waals surface area contributed by atoms with Gasteiger partial charge in [0, 0.05) is 31.3 Å². The van der Waals surface area contributed by atoms with Gasteiger partial charge in [0.05, 0.1) is 9.82 Å². The maximum absolute atomic E-state index is 12.7. The van der Waals surface area contributed by atoms with Gasteiger partial charge in [-0.15, -0.1) is 0 Å². The van der Waals surface area contributed by atoms with Gasteiger partial charge in [-0.3, -0.25) is 10.1 Å². The minimum Gasteiger partial charge on any atom is -0.327 e. The molecule has 3 atom stereocenters. The largest absolute Gasteiger partial charge is 0.327 e. The Bertz CT molecular complexity index is 691. The molecule has 0 radical (unpaired) electrons. The summed E-state index contributed by atoms with van der Waals surface area (Å²) in [5, 5.41) is 10.8. The molecule has 0 bridgehead atoms. The van der Waals surface area contributed by atoms with Gasteiger partial charge >= 0.3 is 0 Å². The van der Waals surface area contributed by atoms with Crippen molar-refractivity contribution >= 4 is 15.7 Å². The summed E-state index contributed by atoms with van der Waals surface area (Å²) in [7, 11) is -3.70. The lowest BCUT2D eigenvalue weighted by Gasteiger charge is -2.29. The Hall–Kier alpha value is -1.51. The fourth-order valence-electron chi connectivity index (χ4n) is 3.58. The summed E-state index contributed by atoms with van der Waals surface area (Å²) < 4.78 is 26.9. The van der Waals surface area contributed by atoms with Crippen LogP contribution in [0.1, 0.15) is 19.3 Å². The summed E-state index contributed by atoms with van der Waals surface area (Å²) in [6, 6.07) is 5.27. The smallest absolute Gasteiger partial charge is 0.270 e. The maximum Gasteiger partial charge on any atom is 0.270 e. The number of fused-ring (bicyclic) bond motifs is 1. The lowest BCUT2D eigenvalue weighted by molar-refractivity contribution is -0.385. The van der Waals surface area contributed by atoms with Crippen LogP contribution in [0, 0.1) is 22.0 Å². The average molecular weight is 325 g/mol. The molecule has 1 aliphatic heterocycles. The Balaban J connectivity index is 1.88. The number of benzene rings is 1. The maximum atomic E-state index is 12.7. The van der Waals surface area contributed by atoms with E-state index in [9.17, 15) is 18.5 Å².